The summed E-state index contributed by atoms with van der Waals surface area (Å²) >= 11 is 7.92. The first-order valence-corrected chi connectivity index (χ1v) is 11.8. The Morgan fingerprint density at radius 3 is 2.78 bits per heavy atom. The molecular weight excluding hydrogens is 446 g/mol. The maximum atomic E-state index is 13.9. The fraction of sp³-hybridized carbons (Fsp3) is 0.348. The van der Waals surface area contributed by atoms with Crippen LogP contribution in [0.25, 0.3) is 15.9 Å². The summed E-state index contributed by atoms with van der Waals surface area (Å²) in [5.74, 6) is -0.109. The highest BCUT2D eigenvalue weighted by molar-refractivity contribution is 7.23. The number of aromatic nitrogens is 3. The Kier molecular flexibility index (Phi) is 5.86. The average Bonchev–Trinajstić information content (AvgIpc) is 3.39. The van der Waals surface area contributed by atoms with Crippen LogP contribution in [0.3, 0.4) is 0 Å². The lowest BCUT2D eigenvalue weighted by atomic mass is 10.2. The number of aryl methyl sites for hydroxylation is 2. The largest absolute Gasteiger partial charge is 0.379 e. The zero-order valence-electron chi connectivity index (χ0n) is 18.0. The summed E-state index contributed by atoms with van der Waals surface area (Å²) in [6, 6.07) is 9.58. The number of halogens is 1. The predicted octanol–water partition coefficient (Wildman–Crippen LogP) is 4.19. The lowest BCUT2D eigenvalue weighted by Gasteiger charge is -2.29. The van der Waals surface area contributed by atoms with Gasteiger partial charge in [0.1, 0.15) is 11.3 Å². The number of carbonyl (C=O) groups is 1. The average molecular weight is 470 g/mol. The highest BCUT2D eigenvalue weighted by atomic mass is 35.5. The molecule has 32 heavy (non-hydrogen) atoms. The van der Waals surface area contributed by atoms with Gasteiger partial charge in [0.2, 0.25) is 0 Å². The molecule has 0 bridgehead atoms. The molecule has 4 heterocycles. The summed E-state index contributed by atoms with van der Waals surface area (Å²) in [5, 5.41) is 1.31. The van der Waals surface area contributed by atoms with Gasteiger partial charge in [0.05, 0.1) is 34.1 Å². The second-order valence-electron chi connectivity index (χ2n) is 7.92. The molecule has 166 valence electrons. The molecule has 0 N–H and O–H groups in total. The number of fused-ring (bicyclic) bond motifs is 2. The zero-order chi connectivity index (χ0) is 22.2. The van der Waals surface area contributed by atoms with E-state index in [-0.39, 0.29) is 5.91 Å². The van der Waals surface area contributed by atoms with Crippen LogP contribution in [0, 0.1) is 13.8 Å². The maximum absolute atomic E-state index is 13.9. The molecule has 4 aromatic rings. The van der Waals surface area contributed by atoms with Crippen molar-refractivity contribution in [3.8, 4) is 0 Å². The summed E-state index contributed by atoms with van der Waals surface area (Å²) in [5.41, 5.74) is 3.90. The standard InChI is InChI=1S/C23H24ClN5O2S/c1-15-6-7-17(24)21-19(15)26-23(32-21)29(10-9-27-11-13-31-14-12-27)22(30)20-16(2)25-18-5-3-4-8-28(18)20/h3-8H,9-14H2,1-2H3. The monoisotopic (exact) mass is 469 g/mol. The molecule has 1 aliphatic heterocycles. The van der Waals surface area contributed by atoms with Crippen molar-refractivity contribution in [2.24, 2.45) is 0 Å². The third-order valence-corrected chi connectivity index (χ3v) is 7.35. The van der Waals surface area contributed by atoms with Crippen LogP contribution in [-0.4, -0.2) is 64.6 Å². The van der Waals surface area contributed by atoms with Crippen LogP contribution in [0.15, 0.2) is 36.5 Å². The predicted molar refractivity (Wildman–Crippen MR) is 128 cm³/mol. The van der Waals surface area contributed by atoms with Crippen molar-refractivity contribution in [3.63, 3.8) is 0 Å². The summed E-state index contributed by atoms with van der Waals surface area (Å²) in [4.78, 5) is 27.4. The molecule has 7 nitrogen and oxygen atoms in total. The van der Waals surface area contributed by atoms with E-state index < -0.39 is 0 Å². The number of anilines is 1. The number of benzene rings is 1. The lowest BCUT2D eigenvalue weighted by Crippen LogP contribution is -2.43. The molecule has 1 aliphatic rings. The van der Waals surface area contributed by atoms with Crippen LogP contribution in [0.2, 0.25) is 5.02 Å². The lowest BCUT2D eigenvalue weighted by molar-refractivity contribution is 0.0391. The first kappa shape index (κ1) is 21.3. The van der Waals surface area contributed by atoms with E-state index in [1.54, 1.807) is 4.90 Å². The zero-order valence-corrected chi connectivity index (χ0v) is 19.6. The van der Waals surface area contributed by atoms with E-state index >= 15 is 0 Å². The molecule has 1 aromatic carbocycles. The maximum Gasteiger partial charge on any atom is 0.279 e. The van der Waals surface area contributed by atoms with E-state index in [9.17, 15) is 4.79 Å². The molecule has 3 aromatic heterocycles. The first-order chi connectivity index (χ1) is 15.5. The minimum Gasteiger partial charge on any atom is -0.379 e. The van der Waals surface area contributed by atoms with Crippen molar-refractivity contribution in [1.29, 1.82) is 0 Å². The Morgan fingerprint density at radius 2 is 2.00 bits per heavy atom. The minimum absolute atomic E-state index is 0.109. The van der Waals surface area contributed by atoms with Crippen LogP contribution >= 0.6 is 22.9 Å². The van der Waals surface area contributed by atoms with Gasteiger partial charge in [0.25, 0.3) is 5.91 Å². The van der Waals surface area contributed by atoms with Crippen molar-refractivity contribution >= 4 is 49.8 Å². The van der Waals surface area contributed by atoms with Crippen molar-refractivity contribution in [1.82, 2.24) is 19.3 Å². The molecule has 9 heteroatoms. The second-order valence-corrected chi connectivity index (χ2v) is 9.31. The van der Waals surface area contributed by atoms with Crippen molar-refractivity contribution in [2.45, 2.75) is 13.8 Å². The van der Waals surface area contributed by atoms with Crippen molar-refractivity contribution < 1.29 is 9.53 Å². The van der Waals surface area contributed by atoms with E-state index in [2.05, 4.69) is 9.88 Å². The van der Waals surface area contributed by atoms with Gasteiger partial charge in [-0.1, -0.05) is 35.1 Å². The topological polar surface area (TPSA) is 63.0 Å². The van der Waals surface area contributed by atoms with E-state index in [1.807, 2.05) is 54.8 Å². The number of thiazole rings is 1. The number of ether oxygens (including phenoxy) is 1. The number of hydrogen-bond acceptors (Lipinski definition) is 6. The van der Waals surface area contributed by atoms with Crippen LogP contribution in [0.5, 0.6) is 0 Å². The van der Waals surface area contributed by atoms with Gasteiger partial charge in [-0.05, 0) is 37.6 Å². The number of pyridine rings is 1. The highest BCUT2D eigenvalue weighted by Gasteiger charge is 2.27. The number of imidazole rings is 1. The molecule has 1 fully saturated rings. The Morgan fingerprint density at radius 1 is 1.19 bits per heavy atom. The number of hydrogen-bond donors (Lipinski definition) is 0. The van der Waals surface area contributed by atoms with Gasteiger partial charge in [-0.3, -0.25) is 19.0 Å². The van der Waals surface area contributed by atoms with Gasteiger partial charge in [-0.25, -0.2) is 9.97 Å². The molecule has 0 spiro atoms. The normalized spacial score (nSPS) is 15.0. The summed E-state index contributed by atoms with van der Waals surface area (Å²) < 4.78 is 8.22. The van der Waals surface area contributed by atoms with Gasteiger partial charge in [0.15, 0.2) is 5.13 Å². The van der Waals surface area contributed by atoms with Crippen LogP contribution in [-0.2, 0) is 4.74 Å². The third kappa shape index (κ3) is 3.88. The fourth-order valence-corrected chi connectivity index (χ4v) is 5.40. The number of rotatable bonds is 5. The van der Waals surface area contributed by atoms with Gasteiger partial charge < -0.3 is 4.74 Å². The van der Waals surface area contributed by atoms with Crippen LogP contribution in [0.1, 0.15) is 21.7 Å². The summed E-state index contributed by atoms with van der Waals surface area (Å²) in [6.45, 7) is 8.31. The number of carbonyl (C=O) groups excluding carboxylic acids is 1. The number of nitrogens with zero attached hydrogens (tertiary/aromatic N) is 5. The number of amides is 1. The molecule has 5 rings (SSSR count). The van der Waals surface area contributed by atoms with Crippen LogP contribution < -0.4 is 4.90 Å². The van der Waals surface area contributed by atoms with Gasteiger partial charge in [-0.15, -0.1) is 0 Å². The van der Waals surface area contributed by atoms with Crippen molar-refractivity contribution in [3.05, 3.63) is 58.5 Å². The summed E-state index contributed by atoms with van der Waals surface area (Å²) in [6.07, 6.45) is 1.88. The SMILES string of the molecule is Cc1nc2ccccn2c1C(=O)N(CCN1CCOCC1)c1nc2c(C)ccc(Cl)c2s1. The second kappa shape index (κ2) is 8.78. The van der Waals surface area contributed by atoms with E-state index in [0.717, 1.165) is 54.3 Å². The van der Waals surface area contributed by atoms with Crippen LogP contribution in [0.4, 0.5) is 5.13 Å². The van der Waals surface area contributed by atoms with Gasteiger partial charge in [-0.2, -0.15) is 0 Å². The summed E-state index contributed by atoms with van der Waals surface area (Å²) in [7, 11) is 0. The fourth-order valence-electron chi connectivity index (χ4n) is 4.06. The Labute approximate surface area is 195 Å². The smallest absolute Gasteiger partial charge is 0.279 e. The Hall–Kier alpha value is -2.52. The molecule has 0 unspecified atom stereocenters. The van der Waals surface area contributed by atoms with Gasteiger partial charge in [0, 0.05) is 32.4 Å². The molecule has 0 radical (unpaired) electrons. The van der Waals surface area contributed by atoms with Gasteiger partial charge >= 0.3 is 0 Å². The number of morpholine rings is 1. The minimum atomic E-state index is -0.109. The molecule has 1 saturated heterocycles. The molecular formula is C23H24ClN5O2S. The Bertz CT molecular complexity index is 1260. The molecule has 0 saturated carbocycles. The molecule has 0 aliphatic carbocycles. The van der Waals surface area contributed by atoms with Crippen molar-refractivity contribution in [2.75, 3.05) is 44.3 Å². The third-order valence-electron chi connectivity index (χ3n) is 5.81. The quantitative estimate of drug-likeness (QED) is 0.438. The van der Waals surface area contributed by atoms with E-state index in [4.69, 9.17) is 21.3 Å². The molecule has 1 amide bonds. The van der Waals surface area contributed by atoms with E-state index in [0.29, 0.717) is 28.1 Å². The van der Waals surface area contributed by atoms with E-state index in [1.165, 1.54) is 11.3 Å². The first-order valence-electron chi connectivity index (χ1n) is 10.6. The highest BCUT2D eigenvalue weighted by Crippen LogP contribution is 2.36. The Balaban J connectivity index is 1.56. The molecule has 0 atom stereocenters.